The van der Waals surface area contributed by atoms with E-state index >= 15 is 0 Å². The van der Waals surface area contributed by atoms with Crippen molar-refractivity contribution >= 4 is 17.5 Å². The fourth-order valence-corrected chi connectivity index (χ4v) is 3.26. The van der Waals surface area contributed by atoms with Gasteiger partial charge in [0.2, 0.25) is 0 Å². The van der Waals surface area contributed by atoms with Crippen LogP contribution >= 0.6 is 11.6 Å². The monoisotopic (exact) mass is 342 g/mol. The van der Waals surface area contributed by atoms with Crippen LogP contribution in [0.3, 0.4) is 0 Å². The van der Waals surface area contributed by atoms with Gasteiger partial charge in [-0.2, -0.15) is 0 Å². The maximum Gasteiger partial charge on any atom is 0.251 e. The highest BCUT2D eigenvalue weighted by atomic mass is 35.5. The van der Waals surface area contributed by atoms with E-state index in [2.05, 4.69) is 40.5 Å². The highest BCUT2D eigenvalue weighted by molar-refractivity contribution is 6.30. The first kappa shape index (κ1) is 17.0. The molecule has 1 heterocycles. The molecule has 1 amide bonds. The van der Waals surface area contributed by atoms with Gasteiger partial charge in [0, 0.05) is 23.7 Å². The van der Waals surface area contributed by atoms with Crippen molar-refractivity contribution in [2.45, 2.75) is 19.4 Å². The number of amides is 1. The minimum absolute atomic E-state index is 0.0154. The summed E-state index contributed by atoms with van der Waals surface area (Å²) in [5.74, 6) is 0.548. The second-order valence-electron chi connectivity index (χ2n) is 6.42. The maximum atomic E-state index is 12.1. The normalized spacial score (nSPS) is 16.0. The Morgan fingerprint density at radius 2 is 1.71 bits per heavy atom. The number of likely N-dealkylation sites (tertiary alicyclic amines) is 1. The molecule has 0 atom stereocenters. The molecule has 1 saturated heterocycles. The van der Waals surface area contributed by atoms with Gasteiger partial charge in [0.15, 0.2) is 0 Å². The first-order valence-electron chi connectivity index (χ1n) is 8.51. The van der Waals surface area contributed by atoms with Gasteiger partial charge < -0.3 is 5.32 Å². The van der Waals surface area contributed by atoms with Crippen molar-refractivity contribution in [2.24, 2.45) is 5.92 Å². The standard InChI is InChI=1S/C20H23ClN2O/c21-19-8-6-18(7-9-19)20(24)22-14-16-10-12-23(13-11-16)15-17-4-2-1-3-5-17/h1-9,16H,10-15H2,(H,22,24). The zero-order chi connectivity index (χ0) is 16.8. The lowest BCUT2D eigenvalue weighted by atomic mass is 9.96. The number of carbonyl (C=O) groups is 1. The van der Waals surface area contributed by atoms with E-state index in [-0.39, 0.29) is 5.91 Å². The molecule has 3 rings (SSSR count). The summed E-state index contributed by atoms with van der Waals surface area (Å²) in [6.07, 6.45) is 2.27. The Hall–Kier alpha value is -1.84. The van der Waals surface area contributed by atoms with Crippen LogP contribution in [-0.4, -0.2) is 30.4 Å². The maximum absolute atomic E-state index is 12.1. The molecule has 0 saturated carbocycles. The largest absolute Gasteiger partial charge is 0.352 e. The van der Waals surface area contributed by atoms with Crippen LogP contribution in [0.4, 0.5) is 0 Å². The summed E-state index contributed by atoms with van der Waals surface area (Å²) >= 11 is 5.85. The third kappa shape index (κ3) is 4.83. The minimum Gasteiger partial charge on any atom is -0.352 e. The van der Waals surface area contributed by atoms with Gasteiger partial charge in [-0.1, -0.05) is 41.9 Å². The number of carbonyl (C=O) groups excluding carboxylic acids is 1. The zero-order valence-electron chi connectivity index (χ0n) is 13.7. The van der Waals surface area contributed by atoms with Gasteiger partial charge >= 0.3 is 0 Å². The van der Waals surface area contributed by atoms with E-state index in [4.69, 9.17) is 11.6 Å². The molecule has 0 aromatic heterocycles. The molecule has 2 aromatic carbocycles. The van der Waals surface area contributed by atoms with Gasteiger partial charge in [-0.3, -0.25) is 9.69 Å². The van der Waals surface area contributed by atoms with Gasteiger partial charge in [0.05, 0.1) is 0 Å². The molecule has 1 fully saturated rings. The van der Waals surface area contributed by atoms with E-state index in [1.54, 1.807) is 24.3 Å². The van der Waals surface area contributed by atoms with E-state index in [9.17, 15) is 4.79 Å². The Bertz CT molecular complexity index is 649. The van der Waals surface area contributed by atoms with Crippen LogP contribution in [0.15, 0.2) is 54.6 Å². The fraction of sp³-hybridized carbons (Fsp3) is 0.350. The van der Waals surface area contributed by atoms with Gasteiger partial charge in [0.1, 0.15) is 0 Å². The summed E-state index contributed by atoms with van der Waals surface area (Å²) in [5.41, 5.74) is 2.04. The lowest BCUT2D eigenvalue weighted by Crippen LogP contribution is -2.38. The SMILES string of the molecule is O=C(NCC1CCN(Cc2ccccc2)CC1)c1ccc(Cl)cc1. The molecule has 126 valence electrons. The quantitative estimate of drug-likeness (QED) is 0.891. The summed E-state index contributed by atoms with van der Waals surface area (Å²) in [6, 6.07) is 17.6. The summed E-state index contributed by atoms with van der Waals surface area (Å²) in [5, 5.41) is 3.70. The lowest BCUT2D eigenvalue weighted by molar-refractivity contribution is 0.0935. The topological polar surface area (TPSA) is 32.3 Å². The van der Waals surface area contributed by atoms with Crippen LogP contribution in [0.5, 0.6) is 0 Å². The van der Waals surface area contributed by atoms with Crippen LogP contribution in [0.2, 0.25) is 5.02 Å². The van der Waals surface area contributed by atoms with Crippen LogP contribution in [0, 0.1) is 5.92 Å². The average Bonchev–Trinajstić information content (AvgIpc) is 2.62. The number of halogens is 1. The number of nitrogens with one attached hydrogen (secondary N) is 1. The van der Waals surface area contributed by atoms with Crippen molar-refractivity contribution < 1.29 is 4.79 Å². The molecule has 3 nitrogen and oxygen atoms in total. The van der Waals surface area contributed by atoms with Crippen molar-refractivity contribution in [1.82, 2.24) is 10.2 Å². The van der Waals surface area contributed by atoms with Crippen LogP contribution in [0.1, 0.15) is 28.8 Å². The molecular formula is C20H23ClN2O. The molecule has 4 heteroatoms. The molecule has 0 bridgehead atoms. The molecule has 24 heavy (non-hydrogen) atoms. The van der Waals surface area contributed by atoms with Crippen molar-refractivity contribution in [1.29, 1.82) is 0 Å². The third-order valence-electron chi connectivity index (χ3n) is 4.61. The predicted octanol–water partition coefficient (Wildman–Crippen LogP) is 3.98. The highest BCUT2D eigenvalue weighted by Gasteiger charge is 2.19. The number of hydrogen-bond acceptors (Lipinski definition) is 2. The van der Waals surface area contributed by atoms with E-state index < -0.39 is 0 Å². The van der Waals surface area contributed by atoms with Crippen molar-refractivity contribution in [3.05, 3.63) is 70.7 Å². The molecule has 2 aromatic rings. The number of benzene rings is 2. The summed E-state index contributed by atoms with van der Waals surface area (Å²) in [7, 11) is 0. The Labute approximate surface area is 148 Å². The first-order chi connectivity index (χ1) is 11.7. The molecule has 0 aliphatic carbocycles. The van der Waals surface area contributed by atoms with Crippen molar-refractivity contribution in [2.75, 3.05) is 19.6 Å². The number of nitrogens with zero attached hydrogens (tertiary/aromatic N) is 1. The predicted molar refractivity (Wildman–Crippen MR) is 98.2 cm³/mol. The van der Waals surface area contributed by atoms with Gasteiger partial charge in [-0.05, 0) is 61.7 Å². The highest BCUT2D eigenvalue weighted by Crippen LogP contribution is 2.18. The smallest absolute Gasteiger partial charge is 0.251 e. The van der Waals surface area contributed by atoms with Gasteiger partial charge in [-0.25, -0.2) is 0 Å². The van der Waals surface area contributed by atoms with Crippen LogP contribution < -0.4 is 5.32 Å². The molecule has 0 radical (unpaired) electrons. The van der Waals surface area contributed by atoms with Crippen LogP contribution in [0.25, 0.3) is 0 Å². The Balaban J connectivity index is 1.41. The Kier molecular flexibility index (Phi) is 5.89. The first-order valence-corrected chi connectivity index (χ1v) is 8.88. The summed E-state index contributed by atoms with van der Waals surface area (Å²) in [4.78, 5) is 14.6. The van der Waals surface area contributed by atoms with Crippen molar-refractivity contribution in [3.63, 3.8) is 0 Å². The lowest BCUT2D eigenvalue weighted by Gasteiger charge is -2.32. The minimum atomic E-state index is -0.0154. The second kappa shape index (κ2) is 8.32. The molecule has 1 aliphatic heterocycles. The van der Waals surface area contributed by atoms with Crippen LogP contribution in [-0.2, 0) is 6.54 Å². The third-order valence-corrected chi connectivity index (χ3v) is 4.87. The van der Waals surface area contributed by atoms with Crippen molar-refractivity contribution in [3.8, 4) is 0 Å². The summed E-state index contributed by atoms with van der Waals surface area (Å²) < 4.78 is 0. The van der Waals surface area contributed by atoms with Gasteiger partial charge in [-0.15, -0.1) is 0 Å². The number of hydrogen-bond donors (Lipinski definition) is 1. The molecule has 1 N–H and O–H groups in total. The van der Waals surface area contributed by atoms with Gasteiger partial charge in [0.25, 0.3) is 5.91 Å². The number of piperidine rings is 1. The fourth-order valence-electron chi connectivity index (χ4n) is 3.13. The van der Waals surface area contributed by atoms with E-state index in [0.717, 1.165) is 39.0 Å². The molecule has 0 unspecified atom stereocenters. The number of rotatable bonds is 5. The van der Waals surface area contributed by atoms with E-state index in [1.165, 1.54) is 5.56 Å². The Morgan fingerprint density at radius 1 is 1.04 bits per heavy atom. The zero-order valence-corrected chi connectivity index (χ0v) is 14.5. The molecule has 0 spiro atoms. The molecular weight excluding hydrogens is 320 g/mol. The Morgan fingerprint density at radius 3 is 2.38 bits per heavy atom. The van der Waals surface area contributed by atoms with E-state index in [0.29, 0.717) is 16.5 Å². The van der Waals surface area contributed by atoms with E-state index in [1.807, 2.05) is 0 Å². The molecule has 1 aliphatic rings. The summed E-state index contributed by atoms with van der Waals surface area (Å²) in [6.45, 7) is 3.96. The average molecular weight is 343 g/mol. The second-order valence-corrected chi connectivity index (χ2v) is 6.86.